The second kappa shape index (κ2) is 8.73. The number of nitrogens with one attached hydrogen (secondary N) is 2. The number of nitrogens with zero attached hydrogens (tertiary/aromatic N) is 2. The lowest BCUT2D eigenvalue weighted by molar-refractivity contribution is -0.113. The van der Waals surface area contributed by atoms with E-state index in [9.17, 15) is 9.59 Å². The lowest BCUT2D eigenvalue weighted by atomic mass is 10.1. The standard InChI is InChI=1S/C17H24N4O2S/c1-4-6-10-21-16(23)19-20-17(21)24-11-14(22)18-15-12(3)8-7-9-13(15)5-2/h7-9H,4-6,10-11H2,1-3H3,(H,18,22)(H,19,23). The molecule has 24 heavy (non-hydrogen) atoms. The molecule has 2 aromatic rings. The Morgan fingerprint density at radius 2 is 2.17 bits per heavy atom. The summed E-state index contributed by atoms with van der Waals surface area (Å²) in [6.07, 6.45) is 2.76. The van der Waals surface area contributed by atoms with Gasteiger partial charge in [-0.3, -0.25) is 9.36 Å². The summed E-state index contributed by atoms with van der Waals surface area (Å²) < 4.78 is 1.59. The highest BCUT2D eigenvalue weighted by Gasteiger charge is 2.13. The topological polar surface area (TPSA) is 79.8 Å². The van der Waals surface area contributed by atoms with E-state index in [2.05, 4.69) is 29.4 Å². The van der Waals surface area contributed by atoms with E-state index in [1.807, 2.05) is 25.1 Å². The minimum atomic E-state index is -0.224. The zero-order valence-corrected chi connectivity index (χ0v) is 15.2. The van der Waals surface area contributed by atoms with Gasteiger partial charge in [-0.2, -0.15) is 0 Å². The molecule has 1 heterocycles. The minimum absolute atomic E-state index is 0.0958. The first-order chi connectivity index (χ1) is 11.6. The summed E-state index contributed by atoms with van der Waals surface area (Å²) in [6, 6.07) is 6.00. The number of unbranched alkanes of at least 4 members (excludes halogenated alkanes) is 1. The molecule has 1 aromatic heterocycles. The van der Waals surface area contributed by atoms with E-state index < -0.39 is 0 Å². The first-order valence-corrected chi connectivity index (χ1v) is 9.21. The Hall–Kier alpha value is -2.02. The summed E-state index contributed by atoms with van der Waals surface area (Å²) in [6.45, 7) is 6.74. The molecule has 6 nitrogen and oxygen atoms in total. The normalized spacial score (nSPS) is 10.8. The maximum atomic E-state index is 12.3. The van der Waals surface area contributed by atoms with Crippen molar-refractivity contribution in [2.75, 3.05) is 11.1 Å². The summed E-state index contributed by atoms with van der Waals surface area (Å²) in [7, 11) is 0. The van der Waals surface area contributed by atoms with E-state index in [0.29, 0.717) is 11.7 Å². The quantitative estimate of drug-likeness (QED) is 0.719. The Kier molecular flexibility index (Phi) is 6.66. The molecule has 0 atom stereocenters. The van der Waals surface area contributed by atoms with Crippen molar-refractivity contribution in [3.8, 4) is 0 Å². The predicted octanol–water partition coefficient (Wildman–Crippen LogP) is 2.97. The van der Waals surface area contributed by atoms with Crippen LogP contribution in [0.1, 0.15) is 37.8 Å². The maximum absolute atomic E-state index is 12.3. The molecule has 130 valence electrons. The van der Waals surface area contributed by atoms with Crippen LogP contribution < -0.4 is 11.0 Å². The van der Waals surface area contributed by atoms with Crippen LogP contribution in [0.5, 0.6) is 0 Å². The van der Waals surface area contributed by atoms with E-state index in [0.717, 1.165) is 36.1 Å². The van der Waals surface area contributed by atoms with E-state index in [1.54, 1.807) is 4.57 Å². The van der Waals surface area contributed by atoms with Crippen molar-refractivity contribution >= 4 is 23.4 Å². The molecular formula is C17H24N4O2S. The van der Waals surface area contributed by atoms with E-state index in [4.69, 9.17) is 0 Å². The van der Waals surface area contributed by atoms with Crippen LogP contribution >= 0.6 is 11.8 Å². The maximum Gasteiger partial charge on any atom is 0.343 e. The number of amides is 1. The van der Waals surface area contributed by atoms with Gasteiger partial charge in [0, 0.05) is 12.2 Å². The van der Waals surface area contributed by atoms with Crippen LogP contribution in [0.2, 0.25) is 0 Å². The third-order valence-corrected chi connectivity index (χ3v) is 4.77. The number of carbonyl (C=O) groups excluding carboxylic acids is 1. The number of carbonyl (C=O) groups is 1. The first kappa shape index (κ1) is 18.3. The Morgan fingerprint density at radius 3 is 2.88 bits per heavy atom. The van der Waals surface area contributed by atoms with Crippen molar-refractivity contribution in [3.05, 3.63) is 39.8 Å². The van der Waals surface area contributed by atoms with Crippen molar-refractivity contribution < 1.29 is 4.79 Å². The molecule has 2 rings (SSSR count). The van der Waals surface area contributed by atoms with Crippen LogP contribution in [0.3, 0.4) is 0 Å². The second-order valence-corrected chi connectivity index (χ2v) is 6.56. The second-order valence-electron chi connectivity index (χ2n) is 5.62. The number of aryl methyl sites for hydroxylation is 2. The van der Waals surface area contributed by atoms with Gasteiger partial charge in [-0.05, 0) is 30.9 Å². The van der Waals surface area contributed by atoms with E-state index in [1.165, 1.54) is 11.8 Å². The van der Waals surface area contributed by atoms with Gasteiger partial charge < -0.3 is 5.32 Å². The predicted molar refractivity (Wildman–Crippen MR) is 97.7 cm³/mol. The fourth-order valence-corrected chi connectivity index (χ4v) is 3.21. The molecule has 0 aliphatic heterocycles. The molecule has 1 amide bonds. The summed E-state index contributed by atoms with van der Waals surface area (Å²) in [5, 5.41) is 10.0. The zero-order chi connectivity index (χ0) is 17.5. The monoisotopic (exact) mass is 348 g/mol. The van der Waals surface area contributed by atoms with Crippen molar-refractivity contribution in [2.45, 2.75) is 51.7 Å². The molecule has 0 radical (unpaired) electrons. The first-order valence-electron chi connectivity index (χ1n) is 8.23. The van der Waals surface area contributed by atoms with Crippen molar-refractivity contribution in [1.29, 1.82) is 0 Å². The Labute approximate surface area is 146 Å². The van der Waals surface area contributed by atoms with Crippen LogP contribution in [-0.2, 0) is 17.8 Å². The average Bonchev–Trinajstić information content (AvgIpc) is 2.92. The van der Waals surface area contributed by atoms with E-state index in [-0.39, 0.29) is 17.3 Å². The number of H-pyrrole nitrogens is 1. The number of para-hydroxylation sites is 1. The van der Waals surface area contributed by atoms with Crippen molar-refractivity contribution in [3.63, 3.8) is 0 Å². The van der Waals surface area contributed by atoms with Crippen molar-refractivity contribution in [2.24, 2.45) is 0 Å². The number of aromatic amines is 1. The smallest absolute Gasteiger partial charge is 0.325 e. The van der Waals surface area contributed by atoms with Crippen LogP contribution in [-0.4, -0.2) is 26.4 Å². The minimum Gasteiger partial charge on any atom is -0.325 e. The third-order valence-electron chi connectivity index (χ3n) is 3.80. The third kappa shape index (κ3) is 4.50. The fourth-order valence-electron chi connectivity index (χ4n) is 2.43. The summed E-state index contributed by atoms with van der Waals surface area (Å²) in [5.41, 5.74) is 2.83. The number of hydrogen-bond donors (Lipinski definition) is 2. The number of benzene rings is 1. The summed E-state index contributed by atoms with van der Waals surface area (Å²) in [4.78, 5) is 24.0. The Bertz CT molecular complexity index is 751. The molecule has 0 aliphatic carbocycles. The van der Waals surface area contributed by atoms with Gasteiger partial charge in [0.15, 0.2) is 5.16 Å². The Morgan fingerprint density at radius 1 is 1.38 bits per heavy atom. The highest BCUT2D eigenvalue weighted by Crippen LogP contribution is 2.22. The molecule has 0 bridgehead atoms. The lowest BCUT2D eigenvalue weighted by Crippen LogP contribution is -2.19. The Balaban J connectivity index is 2.01. The molecule has 0 aliphatic rings. The lowest BCUT2D eigenvalue weighted by Gasteiger charge is -2.12. The van der Waals surface area contributed by atoms with E-state index >= 15 is 0 Å². The summed E-state index contributed by atoms with van der Waals surface area (Å²) >= 11 is 1.27. The zero-order valence-electron chi connectivity index (χ0n) is 14.4. The largest absolute Gasteiger partial charge is 0.343 e. The molecule has 0 saturated heterocycles. The highest BCUT2D eigenvalue weighted by molar-refractivity contribution is 7.99. The molecular weight excluding hydrogens is 324 g/mol. The molecule has 7 heteroatoms. The molecule has 0 fully saturated rings. The SMILES string of the molecule is CCCCn1c(SCC(=O)Nc2c(C)cccc2CC)n[nH]c1=O. The van der Waals surface area contributed by atoms with Crippen LogP contribution in [0, 0.1) is 6.92 Å². The van der Waals surface area contributed by atoms with Crippen molar-refractivity contribution in [1.82, 2.24) is 14.8 Å². The van der Waals surface area contributed by atoms with Gasteiger partial charge in [-0.1, -0.05) is 50.2 Å². The van der Waals surface area contributed by atoms with Gasteiger partial charge in [-0.25, -0.2) is 9.89 Å². The average molecular weight is 348 g/mol. The molecule has 1 aromatic carbocycles. The van der Waals surface area contributed by atoms with Gasteiger partial charge >= 0.3 is 5.69 Å². The number of anilines is 1. The highest BCUT2D eigenvalue weighted by atomic mass is 32.2. The van der Waals surface area contributed by atoms with Gasteiger partial charge in [-0.15, -0.1) is 5.10 Å². The van der Waals surface area contributed by atoms with Crippen LogP contribution in [0.15, 0.2) is 28.2 Å². The number of hydrogen-bond acceptors (Lipinski definition) is 4. The molecule has 0 unspecified atom stereocenters. The molecule has 0 saturated carbocycles. The molecule has 2 N–H and O–H groups in total. The van der Waals surface area contributed by atoms with Gasteiger partial charge in [0.25, 0.3) is 0 Å². The van der Waals surface area contributed by atoms with Gasteiger partial charge in [0.2, 0.25) is 5.91 Å². The fraction of sp³-hybridized carbons (Fsp3) is 0.471. The molecule has 0 spiro atoms. The number of rotatable bonds is 8. The van der Waals surface area contributed by atoms with Gasteiger partial charge in [0.1, 0.15) is 0 Å². The number of aromatic nitrogens is 3. The van der Waals surface area contributed by atoms with Crippen LogP contribution in [0.25, 0.3) is 0 Å². The number of thioether (sulfide) groups is 1. The summed E-state index contributed by atoms with van der Waals surface area (Å²) in [5.74, 6) is 0.120. The van der Waals surface area contributed by atoms with Gasteiger partial charge in [0.05, 0.1) is 5.75 Å². The van der Waals surface area contributed by atoms with Crippen LogP contribution in [0.4, 0.5) is 5.69 Å².